The molecule has 0 fully saturated rings. The van der Waals surface area contributed by atoms with Crippen LogP contribution in [0, 0.1) is 5.82 Å². The summed E-state index contributed by atoms with van der Waals surface area (Å²) >= 11 is 6.63. The second kappa shape index (κ2) is 6.88. The van der Waals surface area contributed by atoms with E-state index in [0.717, 1.165) is 10.2 Å². The summed E-state index contributed by atoms with van der Waals surface area (Å²) in [6.45, 7) is 2.06. The molecule has 0 aliphatic heterocycles. The third-order valence-corrected chi connectivity index (χ3v) is 6.12. The summed E-state index contributed by atoms with van der Waals surface area (Å²) in [6, 6.07) is 10.9. The second-order valence-electron chi connectivity index (χ2n) is 4.18. The van der Waals surface area contributed by atoms with Crippen LogP contribution in [0.4, 0.5) is 4.39 Å². The van der Waals surface area contributed by atoms with Gasteiger partial charge in [0.05, 0.1) is 9.04 Å². The van der Waals surface area contributed by atoms with E-state index in [1.165, 1.54) is 22.7 Å². The van der Waals surface area contributed by atoms with Gasteiger partial charge in [-0.3, -0.25) is 0 Å². The molecule has 1 nitrogen and oxygen atoms in total. The van der Waals surface area contributed by atoms with Crippen LogP contribution in [0.5, 0.6) is 0 Å². The van der Waals surface area contributed by atoms with E-state index in [1.807, 2.05) is 12.1 Å². The molecule has 102 valence electrons. The van der Waals surface area contributed by atoms with Gasteiger partial charge in [0.15, 0.2) is 0 Å². The molecule has 2 rings (SSSR count). The molecule has 2 atom stereocenters. The summed E-state index contributed by atoms with van der Waals surface area (Å²) in [4.78, 5) is 1.83. The molecular weight excluding hydrogens is 345 g/mol. The van der Waals surface area contributed by atoms with Crippen LogP contribution in [-0.4, -0.2) is 6.04 Å². The minimum absolute atomic E-state index is 0.00940. The van der Waals surface area contributed by atoms with E-state index < -0.39 is 0 Å². The fraction of sp³-hybridized carbons (Fsp3) is 0.286. The van der Waals surface area contributed by atoms with E-state index in [2.05, 4.69) is 28.9 Å². The maximum Gasteiger partial charge on any atom is 0.136 e. The Balaban J connectivity index is 2.27. The second-order valence-corrected chi connectivity index (χ2v) is 7.86. The number of thioether (sulfide) groups is 1. The van der Waals surface area contributed by atoms with Crippen molar-refractivity contribution in [2.24, 2.45) is 5.73 Å². The molecule has 0 amide bonds. The van der Waals surface area contributed by atoms with E-state index >= 15 is 0 Å². The van der Waals surface area contributed by atoms with E-state index in [4.69, 9.17) is 5.73 Å². The SMILES string of the molecule is CCC(N)C(Sc1ccccc1F)c1ccc(Br)s1. The average molecular weight is 360 g/mol. The highest BCUT2D eigenvalue weighted by Gasteiger charge is 2.22. The lowest BCUT2D eigenvalue weighted by Gasteiger charge is -2.21. The lowest BCUT2D eigenvalue weighted by molar-refractivity contribution is 0.598. The van der Waals surface area contributed by atoms with Gasteiger partial charge in [0.2, 0.25) is 0 Å². The first-order valence-corrected chi connectivity index (χ1v) is 8.52. The highest BCUT2D eigenvalue weighted by atomic mass is 79.9. The minimum Gasteiger partial charge on any atom is -0.326 e. The van der Waals surface area contributed by atoms with Crippen LogP contribution < -0.4 is 5.73 Å². The van der Waals surface area contributed by atoms with Crippen LogP contribution in [0.3, 0.4) is 0 Å². The number of nitrogens with two attached hydrogens (primary N) is 1. The molecular formula is C14H15BrFNS2. The first-order valence-electron chi connectivity index (χ1n) is 6.03. The molecule has 2 aromatic rings. The predicted molar refractivity (Wildman–Crippen MR) is 85.3 cm³/mol. The standard InChI is InChI=1S/C14H15BrFNS2/c1-2-10(17)14(12-7-8-13(15)18-12)19-11-6-4-3-5-9(11)16/h3-8,10,14H,2,17H2,1H3. The number of hydrogen-bond acceptors (Lipinski definition) is 3. The van der Waals surface area contributed by atoms with Gasteiger partial charge in [0.25, 0.3) is 0 Å². The maximum absolute atomic E-state index is 13.8. The largest absolute Gasteiger partial charge is 0.326 e. The third-order valence-electron chi connectivity index (χ3n) is 2.83. The van der Waals surface area contributed by atoms with Crippen molar-refractivity contribution in [3.63, 3.8) is 0 Å². The quantitative estimate of drug-likeness (QED) is 0.740. The van der Waals surface area contributed by atoms with Gasteiger partial charge >= 0.3 is 0 Å². The van der Waals surface area contributed by atoms with Gasteiger partial charge < -0.3 is 5.73 Å². The van der Waals surface area contributed by atoms with Gasteiger partial charge in [0, 0.05) is 15.8 Å². The first kappa shape index (κ1) is 15.0. The molecule has 2 unspecified atom stereocenters. The van der Waals surface area contributed by atoms with E-state index in [9.17, 15) is 4.39 Å². The monoisotopic (exact) mass is 359 g/mol. The molecule has 2 N–H and O–H groups in total. The Bertz CT molecular complexity index is 544. The minimum atomic E-state index is -0.184. The fourth-order valence-electron chi connectivity index (χ4n) is 1.73. The van der Waals surface area contributed by atoms with Crippen molar-refractivity contribution in [3.8, 4) is 0 Å². The highest BCUT2D eigenvalue weighted by Crippen LogP contribution is 2.42. The van der Waals surface area contributed by atoms with Crippen molar-refractivity contribution in [3.05, 3.63) is 50.9 Å². The molecule has 0 spiro atoms. The van der Waals surface area contributed by atoms with E-state index in [1.54, 1.807) is 23.5 Å². The van der Waals surface area contributed by atoms with E-state index in [-0.39, 0.29) is 17.1 Å². The Morgan fingerprint density at radius 2 is 2.05 bits per heavy atom. The number of halogens is 2. The summed E-state index contributed by atoms with van der Waals surface area (Å²) in [7, 11) is 0. The summed E-state index contributed by atoms with van der Waals surface area (Å²) in [5.74, 6) is -0.184. The van der Waals surface area contributed by atoms with Crippen LogP contribution in [0.25, 0.3) is 0 Å². The Morgan fingerprint density at radius 1 is 1.32 bits per heavy atom. The molecule has 1 aromatic carbocycles. The van der Waals surface area contributed by atoms with Crippen molar-refractivity contribution >= 4 is 39.0 Å². The highest BCUT2D eigenvalue weighted by molar-refractivity contribution is 9.11. The lowest BCUT2D eigenvalue weighted by atomic mass is 10.1. The molecule has 0 aliphatic carbocycles. The Labute approximate surface area is 129 Å². The molecule has 0 aliphatic rings. The number of hydrogen-bond donors (Lipinski definition) is 1. The third kappa shape index (κ3) is 3.81. The number of benzene rings is 1. The summed E-state index contributed by atoms with van der Waals surface area (Å²) in [5.41, 5.74) is 6.20. The molecule has 19 heavy (non-hydrogen) atoms. The van der Waals surface area contributed by atoms with Crippen molar-refractivity contribution in [2.75, 3.05) is 0 Å². The Hall–Kier alpha value is -0.360. The predicted octanol–water partition coefficient (Wildman–Crippen LogP) is 5.22. The summed E-state index contributed by atoms with van der Waals surface area (Å²) < 4.78 is 14.8. The fourth-order valence-corrected chi connectivity index (χ4v) is 4.67. The number of thiophene rings is 1. The van der Waals surface area contributed by atoms with Gasteiger partial charge in [0.1, 0.15) is 5.82 Å². The smallest absolute Gasteiger partial charge is 0.136 e. The number of rotatable bonds is 5. The molecule has 1 aromatic heterocycles. The average Bonchev–Trinajstić information content (AvgIpc) is 2.83. The Kier molecular flexibility index (Phi) is 5.45. The molecule has 0 saturated heterocycles. The van der Waals surface area contributed by atoms with Crippen molar-refractivity contribution in [1.82, 2.24) is 0 Å². The van der Waals surface area contributed by atoms with Gasteiger partial charge in [-0.15, -0.1) is 23.1 Å². The van der Waals surface area contributed by atoms with Crippen molar-refractivity contribution < 1.29 is 4.39 Å². The molecule has 0 bridgehead atoms. The molecule has 0 saturated carbocycles. The zero-order chi connectivity index (χ0) is 13.8. The lowest BCUT2D eigenvalue weighted by Crippen LogP contribution is -2.25. The van der Waals surface area contributed by atoms with Crippen LogP contribution in [-0.2, 0) is 0 Å². The van der Waals surface area contributed by atoms with Gasteiger partial charge in [-0.2, -0.15) is 0 Å². The molecule has 1 heterocycles. The van der Waals surface area contributed by atoms with Crippen molar-refractivity contribution in [1.29, 1.82) is 0 Å². The first-order chi connectivity index (χ1) is 9.11. The molecule has 5 heteroatoms. The Morgan fingerprint density at radius 3 is 2.63 bits per heavy atom. The van der Waals surface area contributed by atoms with Crippen LogP contribution in [0.15, 0.2) is 45.1 Å². The van der Waals surface area contributed by atoms with Crippen LogP contribution >= 0.6 is 39.0 Å². The van der Waals surface area contributed by atoms with Gasteiger partial charge in [-0.05, 0) is 46.6 Å². The van der Waals surface area contributed by atoms with Crippen LogP contribution in [0.2, 0.25) is 0 Å². The zero-order valence-corrected chi connectivity index (χ0v) is 13.7. The normalized spacial score (nSPS) is 14.3. The molecule has 0 radical (unpaired) electrons. The zero-order valence-electron chi connectivity index (χ0n) is 10.5. The topological polar surface area (TPSA) is 26.0 Å². The van der Waals surface area contributed by atoms with E-state index in [0.29, 0.717) is 4.90 Å². The summed E-state index contributed by atoms with van der Waals surface area (Å²) in [5, 5.41) is 0.0817. The maximum atomic E-state index is 13.8. The van der Waals surface area contributed by atoms with Gasteiger partial charge in [-0.25, -0.2) is 4.39 Å². The summed E-state index contributed by atoms with van der Waals surface area (Å²) in [6.07, 6.45) is 0.863. The van der Waals surface area contributed by atoms with Crippen LogP contribution in [0.1, 0.15) is 23.5 Å². The van der Waals surface area contributed by atoms with Gasteiger partial charge in [-0.1, -0.05) is 19.1 Å². The van der Waals surface area contributed by atoms with Crippen molar-refractivity contribution in [2.45, 2.75) is 29.5 Å².